The second kappa shape index (κ2) is 5.23. The molecule has 3 nitrogen and oxygen atoms in total. The van der Waals surface area contributed by atoms with E-state index in [9.17, 15) is 4.79 Å². The molecule has 1 saturated carbocycles. The second-order valence-electron chi connectivity index (χ2n) is 4.56. The first-order valence-electron chi connectivity index (χ1n) is 5.69. The first-order chi connectivity index (χ1) is 8.06. The van der Waals surface area contributed by atoms with E-state index in [-0.39, 0.29) is 17.1 Å². The number of rotatable bonds is 2. The predicted molar refractivity (Wildman–Crippen MR) is 68.5 cm³/mol. The summed E-state index contributed by atoms with van der Waals surface area (Å²) in [5.74, 6) is 0.511. The summed E-state index contributed by atoms with van der Waals surface area (Å²) in [4.78, 5) is 15.8. The van der Waals surface area contributed by atoms with Gasteiger partial charge in [-0.3, -0.25) is 4.79 Å². The van der Waals surface area contributed by atoms with Gasteiger partial charge in [0.15, 0.2) is 0 Å². The Labute approximate surface area is 111 Å². The fraction of sp³-hybridized carbons (Fsp3) is 0.500. The number of carbonyl (C=O) groups is 1. The first kappa shape index (κ1) is 12.7. The lowest BCUT2D eigenvalue weighted by Gasteiger charge is -2.12. The van der Waals surface area contributed by atoms with Gasteiger partial charge in [0.1, 0.15) is 10.3 Å². The largest absolute Gasteiger partial charge is 0.349 e. The van der Waals surface area contributed by atoms with Crippen LogP contribution in [0.5, 0.6) is 0 Å². The molecule has 0 aromatic carbocycles. The van der Waals surface area contributed by atoms with Gasteiger partial charge in [-0.05, 0) is 37.3 Å². The van der Waals surface area contributed by atoms with Crippen LogP contribution >= 0.6 is 23.2 Å². The zero-order chi connectivity index (χ0) is 12.4. The van der Waals surface area contributed by atoms with E-state index in [4.69, 9.17) is 23.2 Å². The number of halogens is 2. The molecule has 1 aromatic heterocycles. The fourth-order valence-corrected chi connectivity index (χ4v) is 2.61. The molecule has 0 spiro atoms. The number of aromatic nitrogens is 1. The molecule has 1 aliphatic rings. The lowest BCUT2D eigenvalue weighted by molar-refractivity contribution is 0.0937. The summed E-state index contributed by atoms with van der Waals surface area (Å²) in [7, 11) is 0. The Bertz CT molecular complexity index is 437. The van der Waals surface area contributed by atoms with E-state index < -0.39 is 0 Å². The Morgan fingerprint density at radius 3 is 2.76 bits per heavy atom. The van der Waals surface area contributed by atoms with E-state index in [1.807, 2.05) is 0 Å². The summed E-state index contributed by atoms with van der Waals surface area (Å²) in [5, 5.41) is 3.43. The molecule has 2 unspecified atom stereocenters. The van der Waals surface area contributed by atoms with Crippen LogP contribution in [0.25, 0.3) is 0 Å². The van der Waals surface area contributed by atoms with E-state index in [1.165, 1.54) is 0 Å². The molecule has 17 heavy (non-hydrogen) atoms. The fourth-order valence-electron chi connectivity index (χ4n) is 2.18. The van der Waals surface area contributed by atoms with Crippen LogP contribution in [-0.2, 0) is 0 Å². The zero-order valence-electron chi connectivity index (χ0n) is 9.54. The molecule has 1 fully saturated rings. The lowest BCUT2D eigenvalue weighted by Crippen LogP contribution is -2.33. The van der Waals surface area contributed by atoms with Crippen molar-refractivity contribution in [3.8, 4) is 0 Å². The van der Waals surface area contributed by atoms with Crippen molar-refractivity contribution in [1.29, 1.82) is 0 Å². The molecule has 5 heteroatoms. The number of carbonyl (C=O) groups excluding carboxylic acids is 1. The van der Waals surface area contributed by atoms with Gasteiger partial charge < -0.3 is 5.32 Å². The Morgan fingerprint density at radius 1 is 1.41 bits per heavy atom. The van der Waals surface area contributed by atoms with Crippen LogP contribution < -0.4 is 5.32 Å². The van der Waals surface area contributed by atoms with E-state index in [0.29, 0.717) is 16.6 Å². The maximum Gasteiger partial charge on any atom is 0.254 e. The summed E-state index contributed by atoms with van der Waals surface area (Å²) in [6, 6.07) is 3.43. The minimum atomic E-state index is -0.168. The first-order valence-corrected chi connectivity index (χ1v) is 6.44. The maximum absolute atomic E-state index is 12.0. The number of hydrogen-bond acceptors (Lipinski definition) is 2. The minimum Gasteiger partial charge on any atom is -0.349 e. The van der Waals surface area contributed by atoms with Crippen molar-refractivity contribution in [1.82, 2.24) is 10.3 Å². The Kier molecular flexibility index (Phi) is 3.89. The van der Waals surface area contributed by atoms with Gasteiger partial charge in [-0.2, -0.15) is 0 Å². The summed E-state index contributed by atoms with van der Waals surface area (Å²) in [5.41, 5.74) is 0.385. The lowest BCUT2D eigenvalue weighted by atomic mass is 10.1. The number of pyridine rings is 1. The molecule has 0 saturated heterocycles. The number of hydrogen-bond donors (Lipinski definition) is 1. The average Bonchev–Trinajstić information content (AvgIpc) is 2.63. The molecule has 1 N–H and O–H groups in total. The molecule has 1 aliphatic carbocycles. The highest BCUT2D eigenvalue weighted by molar-refractivity contribution is 6.34. The number of nitrogens with zero attached hydrogens (tertiary/aromatic N) is 1. The summed E-state index contributed by atoms with van der Waals surface area (Å²) < 4.78 is 0. The molecular weight excluding hydrogens is 259 g/mol. The van der Waals surface area contributed by atoms with Crippen molar-refractivity contribution in [2.45, 2.75) is 32.2 Å². The van der Waals surface area contributed by atoms with Gasteiger partial charge in [0.25, 0.3) is 5.91 Å². The molecule has 92 valence electrons. The topological polar surface area (TPSA) is 42.0 Å². The highest BCUT2D eigenvalue weighted by Crippen LogP contribution is 2.25. The molecule has 0 radical (unpaired) electrons. The third-order valence-electron chi connectivity index (χ3n) is 3.09. The van der Waals surface area contributed by atoms with Crippen LogP contribution in [0.3, 0.4) is 0 Å². The Balaban J connectivity index is 2.04. The van der Waals surface area contributed by atoms with Crippen molar-refractivity contribution in [2.24, 2.45) is 5.92 Å². The van der Waals surface area contributed by atoms with Crippen LogP contribution in [0.15, 0.2) is 12.1 Å². The molecule has 1 amide bonds. The third kappa shape index (κ3) is 3.11. The quantitative estimate of drug-likeness (QED) is 0.840. The van der Waals surface area contributed by atoms with Crippen LogP contribution in [0, 0.1) is 5.92 Å². The smallest absolute Gasteiger partial charge is 0.254 e. The molecule has 2 rings (SSSR count). The summed E-state index contributed by atoms with van der Waals surface area (Å²) >= 11 is 11.6. The molecule has 1 aromatic rings. The maximum atomic E-state index is 12.0. The number of amides is 1. The summed E-state index contributed by atoms with van der Waals surface area (Å²) in [6.45, 7) is 2.20. The van der Waals surface area contributed by atoms with Crippen molar-refractivity contribution < 1.29 is 4.79 Å². The van der Waals surface area contributed by atoms with Crippen LogP contribution in [0.2, 0.25) is 10.3 Å². The van der Waals surface area contributed by atoms with Gasteiger partial charge in [0.2, 0.25) is 0 Å². The van der Waals surface area contributed by atoms with Crippen LogP contribution in [-0.4, -0.2) is 16.9 Å². The Hall–Kier alpha value is -0.800. The monoisotopic (exact) mass is 272 g/mol. The minimum absolute atomic E-state index is 0.154. The van der Waals surface area contributed by atoms with Gasteiger partial charge in [-0.15, -0.1) is 0 Å². The van der Waals surface area contributed by atoms with Gasteiger partial charge in [-0.1, -0.05) is 30.1 Å². The van der Waals surface area contributed by atoms with Gasteiger partial charge in [0.05, 0.1) is 5.56 Å². The van der Waals surface area contributed by atoms with Crippen molar-refractivity contribution in [3.63, 3.8) is 0 Å². The van der Waals surface area contributed by atoms with Crippen LogP contribution in [0.1, 0.15) is 36.5 Å². The van der Waals surface area contributed by atoms with Gasteiger partial charge in [0, 0.05) is 6.04 Å². The van der Waals surface area contributed by atoms with Gasteiger partial charge in [-0.25, -0.2) is 4.98 Å². The number of nitrogens with one attached hydrogen (secondary N) is 1. The van der Waals surface area contributed by atoms with Crippen LogP contribution in [0.4, 0.5) is 0 Å². The highest BCUT2D eigenvalue weighted by atomic mass is 35.5. The average molecular weight is 273 g/mol. The molecule has 0 aliphatic heterocycles. The molecule has 1 heterocycles. The second-order valence-corrected chi connectivity index (χ2v) is 5.31. The molecule has 2 atom stereocenters. The normalized spacial score (nSPS) is 23.7. The van der Waals surface area contributed by atoms with E-state index in [1.54, 1.807) is 12.1 Å². The van der Waals surface area contributed by atoms with Crippen molar-refractivity contribution in [3.05, 3.63) is 28.0 Å². The van der Waals surface area contributed by atoms with Crippen molar-refractivity contribution >= 4 is 29.1 Å². The van der Waals surface area contributed by atoms with Crippen molar-refractivity contribution in [2.75, 3.05) is 0 Å². The van der Waals surface area contributed by atoms with E-state index in [2.05, 4.69) is 17.2 Å². The predicted octanol–water partition coefficient (Wildman–Crippen LogP) is 3.31. The van der Waals surface area contributed by atoms with E-state index in [0.717, 1.165) is 19.3 Å². The standard InChI is InChI=1S/C12H14Cl2N2O/c1-7-2-3-8(6-7)15-12(17)9-4-5-10(13)16-11(9)14/h4-5,7-8H,2-3,6H2,1H3,(H,15,17). The zero-order valence-corrected chi connectivity index (χ0v) is 11.1. The molecular formula is C12H14Cl2N2O. The highest BCUT2D eigenvalue weighted by Gasteiger charge is 2.24. The SMILES string of the molecule is CC1CCC(NC(=O)c2ccc(Cl)nc2Cl)C1. The third-order valence-corrected chi connectivity index (χ3v) is 3.59. The van der Waals surface area contributed by atoms with Gasteiger partial charge >= 0.3 is 0 Å². The molecule has 0 bridgehead atoms. The van der Waals surface area contributed by atoms with E-state index >= 15 is 0 Å². The Morgan fingerprint density at radius 2 is 2.18 bits per heavy atom. The summed E-state index contributed by atoms with van der Waals surface area (Å²) in [6.07, 6.45) is 3.23.